The van der Waals surface area contributed by atoms with Crippen LogP contribution in [0.1, 0.15) is 15.9 Å². The molecule has 0 amide bonds. The number of aldehydes is 1. The number of hydrogen-bond donors (Lipinski definition) is 1. The molecular formula is C10H7BrO2S. The lowest BCUT2D eigenvalue weighted by Crippen LogP contribution is -1.79. The summed E-state index contributed by atoms with van der Waals surface area (Å²) in [7, 11) is 0. The second-order valence-electron chi connectivity index (χ2n) is 2.86. The molecule has 1 aromatic heterocycles. The molecule has 0 bridgehead atoms. The third-order valence-electron chi connectivity index (χ3n) is 2.09. The maximum Gasteiger partial charge on any atom is 0.176 e. The zero-order valence-corrected chi connectivity index (χ0v) is 9.56. The topological polar surface area (TPSA) is 37.3 Å². The molecule has 0 aliphatic rings. The summed E-state index contributed by atoms with van der Waals surface area (Å²) in [4.78, 5) is 10.7. The third-order valence-corrected chi connectivity index (χ3v) is 3.75. The SMILES string of the molecule is O=Cc1cccc2c(CBr)c(O)sc12. The largest absolute Gasteiger partial charge is 0.499 e. The fraction of sp³-hybridized carbons (Fsp3) is 0.100. The van der Waals surface area contributed by atoms with E-state index in [1.807, 2.05) is 12.1 Å². The van der Waals surface area contributed by atoms with Crippen molar-refractivity contribution in [3.8, 4) is 5.06 Å². The molecule has 14 heavy (non-hydrogen) atoms. The second kappa shape index (κ2) is 3.71. The maximum absolute atomic E-state index is 10.7. The van der Waals surface area contributed by atoms with Gasteiger partial charge in [0, 0.05) is 26.5 Å². The van der Waals surface area contributed by atoms with Gasteiger partial charge in [-0.15, -0.1) is 0 Å². The number of carbonyl (C=O) groups is 1. The number of rotatable bonds is 2. The summed E-state index contributed by atoms with van der Waals surface area (Å²) in [5.41, 5.74) is 1.49. The molecule has 72 valence electrons. The normalized spacial score (nSPS) is 10.6. The predicted octanol–water partition coefficient (Wildman–Crippen LogP) is 3.31. The maximum atomic E-state index is 10.7. The Morgan fingerprint density at radius 3 is 2.93 bits per heavy atom. The first kappa shape index (κ1) is 9.68. The lowest BCUT2D eigenvalue weighted by molar-refractivity contribution is 0.112. The van der Waals surface area contributed by atoms with Crippen LogP contribution in [-0.4, -0.2) is 11.4 Å². The van der Waals surface area contributed by atoms with Crippen LogP contribution in [0.2, 0.25) is 0 Å². The number of carbonyl (C=O) groups excluding carboxylic acids is 1. The van der Waals surface area contributed by atoms with Crippen molar-refractivity contribution >= 4 is 43.6 Å². The van der Waals surface area contributed by atoms with Gasteiger partial charge in [-0.3, -0.25) is 4.79 Å². The number of alkyl halides is 1. The number of aromatic hydroxyl groups is 1. The molecule has 2 aromatic rings. The van der Waals surface area contributed by atoms with E-state index in [4.69, 9.17) is 0 Å². The smallest absolute Gasteiger partial charge is 0.176 e. The summed E-state index contributed by atoms with van der Waals surface area (Å²) in [6, 6.07) is 5.49. The highest BCUT2D eigenvalue weighted by atomic mass is 79.9. The molecule has 0 radical (unpaired) electrons. The van der Waals surface area contributed by atoms with Gasteiger partial charge in [-0.1, -0.05) is 45.5 Å². The molecule has 1 heterocycles. The van der Waals surface area contributed by atoms with Crippen LogP contribution < -0.4 is 0 Å². The first-order chi connectivity index (χ1) is 6.77. The summed E-state index contributed by atoms with van der Waals surface area (Å²) < 4.78 is 0.856. The molecule has 4 heteroatoms. The molecule has 0 saturated carbocycles. The third kappa shape index (κ3) is 1.35. The van der Waals surface area contributed by atoms with Crippen LogP contribution in [0.4, 0.5) is 0 Å². The fourth-order valence-corrected chi connectivity index (χ4v) is 3.19. The van der Waals surface area contributed by atoms with E-state index in [0.29, 0.717) is 10.9 Å². The highest BCUT2D eigenvalue weighted by Crippen LogP contribution is 2.39. The van der Waals surface area contributed by atoms with Crippen LogP contribution in [0.5, 0.6) is 5.06 Å². The van der Waals surface area contributed by atoms with Gasteiger partial charge in [-0.05, 0) is 0 Å². The number of hydrogen-bond acceptors (Lipinski definition) is 3. The van der Waals surface area contributed by atoms with Crippen LogP contribution in [-0.2, 0) is 5.33 Å². The Morgan fingerprint density at radius 1 is 1.50 bits per heavy atom. The number of benzene rings is 1. The summed E-state index contributed by atoms with van der Waals surface area (Å²) in [6.45, 7) is 0. The van der Waals surface area contributed by atoms with E-state index in [0.717, 1.165) is 21.9 Å². The highest BCUT2D eigenvalue weighted by Gasteiger charge is 2.12. The average Bonchev–Trinajstić information content (AvgIpc) is 2.52. The summed E-state index contributed by atoms with van der Waals surface area (Å²) in [6.07, 6.45) is 0.816. The molecule has 0 saturated heterocycles. The van der Waals surface area contributed by atoms with E-state index in [1.165, 1.54) is 11.3 Å². The first-order valence-corrected chi connectivity index (χ1v) is 5.96. The van der Waals surface area contributed by atoms with E-state index in [1.54, 1.807) is 6.07 Å². The van der Waals surface area contributed by atoms with Crippen molar-refractivity contribution < 1.29 is 9.90 Å². The van der Waals surface area contributed by atoms with Crippen LogP contribution in [0.15, 0.2) is 18.2 Å². The molecule has 1 N–H and O–H groups in total. The lowest BCUT2D eigenvalue weighted by Gasteiger charge is -1.94. The molecule has 1 aromatic carbocycles. The van der Waals surface area contributed by atoms with Crippen molar-refractivity contribution in [3.05, 3.63) is 29.3 Å². The molecule has 0 fully saturated rings. The van der Waals surface area contributed by atoms with Crippen molar-refractivity contribution in [3.63, 3.8) is 0 Å². The second-order valence-corrected chi connectivity index (χ2v) is 4.42. The van der Waals surface area contributed by atoms with E-state index in [9.17, 15) is 9.90 Å². The Hall–Kier alpha value is -0.870. The quantitative estimate of drug-likeness (QED) is 0.672. The Morgan fingerprint density at radius 2 is 2.29 bits per heavy atom. The highest BCUT2D eigenvalue weighted by molar-refractivity contribution is 9.08. The molecule has 0 aliphatic heterocycles. The lowest BCUT2D eigenvalue weighted by atomic mass is 10.1. The number of halogens is 1. The van der Waals surface area contributed by atoms with Gasteiger partial charge in [-0.2, -0.15) is 0 Å². The minimum absolute atomic E-state index is 0.283. The van der Waals surface area contributed by atoms with Gasteiger partial charge in [-0.25, -0.2) is 0 Å². The van der Waals surface area contributed by atoms with Gasteiger partial charge in [0.25, 0.3) is 0 Å². The van der Waals surface area contributed by atoms with Crippen molar-refractivity contribution in [2.24, 2.45) is 0 Å². The fourth-order valence-electron chi connectivity index (χ4n) is 1.40. The minimum Gasteiger partial charge on any atom is -0.499 e. The van der Waals surface area contributed by atoms with E-state index in [2.05, 4.69) is 15.9 Å². The Balaban J connectivity index is 2.85. The molecule has 0 aliphatic carbocycles. The number of fused-ring (bicyclic) bond motifs is 1. The monoisotopic (exact) mass is 270 g/mol. The molecule has 0 atom stereocenters. The summed E-state index contributed by atoms with van der Waals surface area (Å²) in [5, 5.41) is 11.5. The Kier molecular flexibility index (Phi) is 2.56. The predicted molar refractivity (Wildman–Crippen MR) is 61.5 cm³/mol. The zero-order chi connectivity index (χ0) is 10.1. The van der Waals surface area contributed by atoms with Gasteiger partial charge in [0.1, 0.15) is 0 Å². The van der Waals surface area contributed by atoms with Crippen LogP contribution in [0.25, 0.3) is 10.1 Å². The molecule has 0 unspecified atom stereocenters. The molecule has 0 spiro atoms. The Bertz CT molecular complexity index is 490. The summed E-state index contributed by atoms with van der Waals surface area (Å²) in [5.74, 6) is 0. The van der Waals surface area contributed by atoms with Gasteiger partial charge in [0.15, 0.2) is 11.3 Å². The minimum atomic E-state index is 0.283. The van der Waals surface area contributed by atoms with Crippen LogP contribution >= 0.6 is 27.3 Å². The van der Waals surface area contributed by atoms with Crippen LogP contribution in [0, 0.1) is 0 Å². The van der Waals surface area contributed by atoms with Crippen LogP contribution in [0.3, 0.4) is 0 Å². The molecular weight excluding hydrogens is 264 g/mol. The van der Waals surface area contributed by atoms with Crippen molar-refractivity contribution in [2.45, 2.75) is 5.33 Å². The van der Waals surface area contributed by atoms with Gasteiger partial charge in [0.05, 0.1) is 0 Å². The van der Waals surface area contributed by atoms with E-state index in [-0.39, 0.29) is 5.06 Å². The van der Waals surface area contributed by atoms with Crippen molar-refractivity contribution in [2.75, 3.05) is 0 Å². The van der Waals surface area contributed by atoms with Gasteiger partial charge < -0.3 is 5.11 Å². The van der Waals surface area contributed by atoms with Crippen molar-refractivity contribution in [1.29, 1.82) is 0 Å². The van der Waals surface area contributed by atoms with Gasteiger partial charge in [0.2, 0.25) is 0 Å². The molecule has 2 nitrogen and oxygen atoms in total. The summed E-state index contributed by atoms with van der Waals surface area (Å²) >= 11 is 4.56. The standard InChI is InChI=1S/C10H7BrO2S/c11-4-8-7-3-1-2-6(5-12)9(7)14-10(8)13/h1-3,5,13H,4H2. The van der Waals surface area contributed by atoms with E-state index >= 15 is 0 Å². The average molecular weight is 271 g/mol. The van der Waals surface area contributed by atoms with Crippen molar-refractivity contribution in [1.82, 2.24) is 0 Å². The molecule has 2 rings (SSSR count). The number of thiophene rings is 1. The van der Waals surface area contributed by atoms with Gasteiger partial charge >= 0.3 is 0 Å². The zero-order valence-electron chi connectivity index (χ0n) is 7.16. The Labute approximate surface area is 93.3 Å². The first-order valence-electron chi connectivity index (χ1n) is 4.02. The van der Waals surface area contributed by atoms with E-state index < -0.39 is 0 Å².